The van der Waals surface area contributed by atoms with E-state index in [2.05, 4.69) is 15.5 Å². The van der Waals surface area contributed by atoms with Gasteiger partial charge in [-0.05, 0) is 26.0 Å². The van der Waals surface area contributed by atoms with Gasteiger partial charge in [0.15, 0.2) is 11.4 Å². The highest BCUT2D eigenvalue weighted by Crippen LogP contribution is 2.38. The smallest absolute Gasteiger partial charge is 0.436 e. The van der Waals surface area contributed by atoms with Crippen molar-refractivity contribution in [2.75, 3.05) is 83.4 Å². The van der Waals surface area contributed by atoms with Gasteiger partial charge in [0.1, 0.15) is 30.7 Å². The molecule has 16 nitrogen and oxygen atoms in total. The maximum atomic E-state index is 13.0. The lowest BCUT2D eigenvalue weighted by atomic mass is 10.1. The van der Waals surface area contributed by atoms with E-state index < -0.39 is 52.0 Å². The summed E-state index contributed by atoms with van der Waals surface area (Å²) in [6.45, 7) is 4.49. The van der Waals surface area contributed by atoms with Gasteiger partial charge >= 0.3 is 12.4 Å². The first-order chi connectivity index (χ1) is 30.9. The lowest BCUT2D eigenvalue weighted by molar-refractivity contribution is -0.142. The van der Waals surface area contributed by atoms with Gasteiger partial charge in [0.05, 0.1) is 68.2 Å². The zero-order valence-corrected chi connectivity index (χ0v) is 38.7. The molecule has 4 heterocycles. The average molecular weight is 1010 g/mol. The van der Waals surface area contributed by atoms with E-state index in [9.17, 15) is 45.5 Å². The predicted octanol–water partition coefficient (Wildman–Crippen LogP) is 6.81. The number of nitriles is 1. The lowest BCUT2D eigenvalue weighted by Crippen LogP contribution is -2.50. The quantitative estimate of drug-likeness (QED) is 0.101. The Hall–Kier alpha value is -5.63. The van der Waals surface area contributed by atoms with Crippen molar-refractivity contribution in [2.24, 2.45) is 0 Å². The number of ether oxygens (including phenoxy) is 2. The number of hydrogen-bond donors (Lipinski definition) is 1. The molecule has 0 aliphatic carbocycles. The van der Waals surface area contributed by atoms with E-state index in [0.29, 0.717) is 72.7 Å². The van der Waals surface area contributed by atoms with Crippen molar-refractivity contribution in [3.05, 3.63) is 78.3 Å². The molecule has 2 aliphatic rings. The first-order valence-electron chi connectivity index (χ1n) is 19.5. The van der Waals surface area contributed by atoms with Crippen LogP contribution < -0.4 is 24.6 Å². The maximum Gasteiger partial charge on any atom is 0.436 e. The Morgan fingerprint density at radius 3 is 1.35 bits per heavy atom. The minimum atomic E-state index is -4.72. The summed E-state index contributed by atoms with van der Waals surface area (Å²) in [5, 5.41) is 18.0. The van der Waals surface area contributed by atoms with Crippen molar-refractivity contribution in [1.29, 1.82) is 5.26 Å². The highest BCUT2D eigenvalue weighted by Gasteiger charge is 2.40. The Bertz CT molecular complexity index is 2550. The standard InChI is InChI=1S/C20H22Cl2F3N5O3.C20H18Cl2F3N5O3/c1-11-17(22)18(20(23,24)25)27-30(11)10-16(31)29-6-4-28(5-7-29)14-9-15(33-3)13(21)8-12(14)19(32)26-2;1-11-18(22)19(20(23,24)25)27-30(11)10-17(32)29-5-3-28(4-6-29)14-8-16(33-2)13(21)7-12(14)15(31)9-26/h8-9H,4-7,10H2,1-3H3,(H,26,32);7-8H,3-6,10H2,1-2H3. The molecule has 0 unspecified atom stereocenters. The number of amides is 3. The number of nitrogens with one attached hydrogen (secondary N) is 1. The zero-order valence-electron chi connectivity index (χ0n) is 35.6. The topological polar surface area (TPSA) is 171 Å². The van der Waals surface area contributed by atoms with E-state index in [1.54, 1.807) is 18.2 Å². The largest absolute Gasteiger partial charge is 0.495 e. The third-order valence-corrected chi connectivity index (χ3v) is 12.2. The summed E-state index contributed by atoms with van der Waals surface area (Å²) >= 11 is 23.8. The van der Waals surface area contributed by atoms with Crippen LogP contribution in [0.25, 0.3) is 0 Å². The van der Waals surface area contributed by atoms with E-state index in [1.165, 1.54) is 57.0 Å². The summed E-state index contributed by atoms with van der Waals surface area (Å²) in [4.78, 5) is 56.6. The number of anilines is 2. The normalized spacial score (nSPS) is 14.3. The Morgan fingerprint density at radius 1 is 0.667 bits per heavy atom. The highest BCUT2D eigenvalue weighted by atomic mass is 35.5. The van der Waals surface area contributed by atoms with Crippen LogP contribution in [0.4, 0.5) is 37.7 Å². The van der Waals surface area contributed by atoms with Crippen molar-refractivity contribution in [2.45, 2.75) is 39.3 Å². The number of hydrogen-bond acceptors (Lipinski definition) is 11. The van der Waals surface area contributed by atoms with Gasteiger partial charge in [-0.25, -0.2) is 0 Å². The van der Waals surface area contributed by atoms with Gasteiger partial charge in [-0.15, -0.1) is 0 Å². The maximum absolute atomic E-state index is 13.0. The predicted molar refractivity (Wildman–Crippen MR) is 231 cm³/mol. The first kappa shape index (κ1) is 51.4. The van der Waals surface area contributed by atoms with Gasteiger partial charge in [-0.2, -0.15) is 41.8 Å². The second-order valence-corrected chi connectivity index (χ2v) is 16.1. The van der Waals surface area contributed by atoms with Crippen molar-refractivity contribution in [3.8, 4) is 17.6 Å². The number of benzene rings is 2. The molecule has 0 saturated carbocycles. The van der Waals surface area contributed by atoms with E-state index >= 15 is 0 Å². The monoisotopic (exact) mass is 1010 g/mol. The van der Waals surface area contributed by atoms with E-state index in [1.807, 2.05) is 9.80 Å². The van der Waals surface area contributed by atoms with Crippen LogP contribution in [0, 0.1) is 25.2 Å². The van der Waals surface area contributed by atoms with Gasteiger partial charge < -0.3 is 34.4 Å². The Balaban J connectivity index is 0.000000247. The number of halogens is 10. The second kappa shape index (κ2) is 20.9. The van der Waals surface area contributed by atoms with Crippen LogP contribution in [0.2, 0.25) is 20.1 Å². The fourth-order valence-electron chi connectivity index (χ4n) is 7.05. The van der Waals surface area contributed by atoms with Crippen LogP contribution in [-0.4, -0.2) is 126 Å². The molecular formula is C40H40Cl4F6N10O6. The number of methoxy groups -OCH3 is 2. The minimum absolute atomic E-state index is 0.0453. The molecule has 1 N–H and O–H groups in total. The number of carbonyl (C=O) groups excluding carboxylic acids is 4. The first-order valence-corrected chi connectivity index (χ1v) is 21.0. The summed E-state index contributed by atoms with van der Waals surface area (Å²) in [6.07, 6.45) is -9.43. The molecule has 0 bridgehead atoms. The number of alkyl halides is 6. The van der Waals surface area contributed by atoms with Gasteiger partial charge in [0.2, 0.25) is 11.8 Å². The number of nitrogens with zero attached hydrogens (tertiary/aromatic N) is 9. The number of ketones is 1. The van der Waals surface area contributed by atoms with Crippen molar-refractivity contribution < 1.29 is 55.0 Å². The van der Waals surface area contributed by atoms with Crippen molar-refractivity contribution in [3.63, 3.8) is 0 Å². The third kappa shape index (κ3) is 11.3. The average Bonchev–Trinajstić information content (AvgIpc) is 3.74. The van der Waals surface area contributed by atoms with Crippen molar-refractivity contribution in [1.82, 2.24) is 34.7 Å². The molecule has 2 aromatic heterocycles. The zero-order chi connectivity index (χ0) is 49.0. The second-order valence-electron chi connectivity index (χ2n) is 14.6. The van der Waals surface area contributed by atoms with E-state index in [4.69, 9.17) is 61.1 Å². The number of aromatic nitrogens is 4. The Labute approximate surface area is 393 Å². The molecule has 0 radical (unpaired) electrons. The van der Waals surface area contributed by atoms with Crippen LogP contribution in [-0.2, 0) is 35.0 Å². The van der Waals surface area contributed by atoms with Crippen LogP contribution >= 0.6 is 46.4 Å². The SMILES string of the molecule is CNC(=O)c1cc(Cl)c(OC)cc1N1CCN(C(=O)Cn2nc(C(F)(F)F)c(Cl)c2C)CC1.COc1cc(N2CCN(C(=O)Cn3nc(C(F)(F)F)c(Cl)c3C)CC2)c(C(=O)C#N)cc1Cl. The molecule has 0 spiro atoms. The minimum Gasteiger partial charge on any atom is -0.495 e. The van der Waals surface area contributed by atoms with Gasteiger partial charge in [-0.1, -0.05) is 46.4 Å². The molecule has 0 atom stereocenters. The molecule has 3 amide bonds. The van der Waals surface area contributed by atoms with Gasteiger partial charge in [0.25, 0.3) is 11.7 Å². The molecule has 356 valence electrons. The van der Waals surface area contributed by atoms with E-state index in [-0.39, 0.29) is 53.4 Å². The molecule has 4 aromatic rings. The Kier molecular flexibility index (Phi) is 16.3. The fraction of sp³-hybridized carbons (Fsp3) is 0.425. The van der Waals surface area contributed by atoms with Crippen molar-refractivity contribution >= 4 is 81.3 Å². The number of piperazine rings is 2. The van der Waals surface area contributed by atoms with Crippen LogP contribution in [0.5, 0.6) is 11.5 Å². The molecule has 2 fully saturated rings. The van der Waals surface area contributed by atoms with Crippen LogP contribution in [0.3, 0.4) is 0 Å². The number of rotatable bonds is 10. The summed E-state index contributed by atoms with van der Waals surface area (Å²) in [5.74, 6) is -1.16. The third-order valence-electron chi connectivity index (χ3n) is 10.7. The fourth-order valence-corrected chi connectivity index (χ4v) is 8.02. The lowest BCUT2D eigenvalue weighted by Gasteiger charge is -2.37. The molecule has 2 aliphatic heterocycles. The summed E-state index contributed by atoms with van der Waals surface area (Å²) in [5.41, 5.74) is -0.799. The molecular weight excluding hydrogens is 972 g/mol. The summed E-state index contributed by atoms with van der Waals surface area (Å²) < 4.78 is 90.5. The number of carbonyl (C=O) groups is 4. The molecule has 2 saturated heterocycles. The number of Topliss-reactive ketones (excluding diaryl/α,β-unsaturated/α-hetero) is 1. The summed E-state index contributed by atoms with van der Waals surface area (Å²) in [6, 6.07) is 7.68. The molecule has 26 heteroatoms. The molecule has 2 aromatic carbocycles. The van der Waals surface area contributed by atoms with Gasteiger partial charge in [0, 0.05) is 71.5 Å². The summed E-state index contributed by atoms with van der Waals surface area (Å²) in [7, 11) is 4.39. The van der Waals surface area contributed by atoms with E-state index in [0.717, 1.165) is 9.36 Å². The molecule has 6 rings (SSSR count). The van der Waals surface area contributed by atoms with Crippen LogP contribution in [0.15, 0.2) is 24.3 Å². The van der Waals surface area contributed by atoms with Crippen LogP contribution in [0.1, 0.15) is 43.5 Å². The Morgan fingerprint density at radius 2 is 1.03 bits per heavy atom. The molecule has 66 heavy (non-hydrogen) atoms. The van der Waals surface area contributed by atoms with Gasteiger partial charge in [-0.3, -0.25) is 28.5 Å². The highest BCUT2D eigenvalue weighted by molar-refractivity contribution is 6.33.